The third kappa shape index (κ3) is 2.24. The minimum Gasteiger partial charge on any atom is -0.493 e. The Morgan fingerprint density at radius 3 is 2.67 bits per heavy atom. The molecule has 1 aromatic heterocycles. The smallest absolute Gasteiger partial charge is 0.171 e. The number of aldehydes is 1. The Morgan fingerprint density at radius 1 is 1.33 bits per heavy atom. The molecule has 6 heteroatoms. The number of benzene rings is 1. The fraction of sp³-hybridized carbons (Fsp3) is 0.167. The lowest BCUT2D eigenvalue weighted by Gasteiger charge is -2.12. The number of halogens is 1. The van der Waals surface area contributed by atoms with Gasteiger partial charge in [-0.1, -0.05) is 15.9 Å². The summed E-state index contributed by atoms with van der Waals surface area (Å²) in [5.41, 5.74) is 1.13. The summed E-state index contributed by atoms with van der Waals surface area (Å²) in [5, 5.41) is 0. The fourth-order valence-electron chi connectivity index (χ4n) is 1.64. The molecule has 0 aliphatic rings. The highest BCUT2D eigenvalue weighted by Gasteiger charge is 2.15. The van der Waals surface area contributed by atoms with Gasteiger partial charge in [0.1, 0.15) is 5.82 Å². The van der Waals surface area contributed by atoms with Crippen LogP contribution in [0.3, 0.4) is 0 Å². The maximum absolute atomic E-state index is 10.7. The molecule has 0 spiro atoms. The highest BCUT2D eigenvalue weighted by atomic mass is 79.9. The van der Waals surface area contributed by atoms with Gasteiger partial charge in [0.05, 0.1) is 31.7 Å². The molecule has 0 unspecified atom stereocenters. The summed E-state index contributed by atoms with van der Waals surface area (Å²) < 4.78 is 11.4. The van der Waals surface area contributed by atoms with Crippen LogP contribution in [0.2, 0.25) is 0 Å². The molecule has 0 aliphatic carbocycles. The summed E-state index contributed by atoms with van der Waals surface area (Å²) in [4.78, 5) is 17.7. The SMILES string of the molecule is COc1cc(Br)cc(-c2ncc(C=O)[nH]2)c1OC. The first-order chi connectivity index (χ1) is 8.69. The van der Waals surface area contributed by atoms with Crippen molar-refractivity contribution in [1.29, 1.82) is 0 Å². The number of ether oxygens (including phenoxy) is 2. The topological polar surface area (TPSA) is 64.2 Å². The fourth-order valence-corrected chi connectivity index (χ4v) is 2.08. The molecule has 94 valence electrons. The molecule has 0 radical (unpaired) electrons. The lowest BCUT2D eigenvalue weighted by Crippen LogP contribution is -1.94. The third-order valence-corrected chi connectivity index (χ3v) is 2.88. The molecule has 0 amide bonds. The summed E-state index contributed by atoms with van der Waals surface area (Å²) in [7, 11) is 3.12. The van der Waals surface area contributed by atoms with Gasteiger partial charge in [0.15, 0.2) is 17.8 Å². The zero-order valence-electron chi connectivity index (χ0n) is 9.86. The number of nitrogens with one attached hydrogen (secondary N) is 1. The Balaban J connectivity index is 2.61. The number of nitrogens with zero attached hydrogens (tertiary/aromatic N) is 1. The van der Waals surface area contributed by atoms with E-state index in [9.17, 15) is 4.79 Å². The highest BCUT2D eigenvalue weighted by molar-refractivity contribution is 9.10. The minimum atomic E-state index is 0.408. The van der Waals surface area contributed by atoms with Gasteiger partial charge in [-0.15, -0.1) is 0 Å². The molecule has 18 heavy (non-hydrogen) atoms. The Bertz CT molecular complexity index is 581. The molecule has 1 N–H and O–H groups in total. The van der Waals surface area contributed by atoms with Crippen LogP contribution in [0, 0.1) is 0 Å². The first-order valence-electron chi connectivity index (χ1n) is 5.11. The van der Waals surface area contributed by atoms with Crippen LogP contribution in [0.15, 0.2) is 22.8 Å². The van der Waals surface area contributed by atoms with Crippen molar-refractivity contribution >= 4 is 22.2 Å². The molecule has 0 saturated carbocycles. The number of carbonyl (C=O) groups is 1. The number of rotatable bonds is 4. The highest BCUT2D eigenvalue weighted by Crippen LogP contribution is 2.39. The molecular formula is C12H11BrN2O3. The Hall–Kier alpha value is -1.82. The Labute approximate surface area is 112 Å². The largest absolute Gasteiger partial charge is 0.493 e. The van der Waals surface area contributed by atoms with E-state index < -0.39 is 0 Å². The van der Waals surface area contributed by atoms with Crippen LogP contribution >= 0.6 is 15.9 Å². The van der Waals surface area contributed by atoms with Gasteiger partial charge in [0.2, 0.25) is 0 Å². The molecule has 1 aromatic carbocycles. The van der Waals surface area contributed by atoms with Gasteiger partial charge in [-0.25, -0.2) is 4.98 Å². The molecule has 0 atom stereocenters. The molecule has 2 rings (SSSR count). The van der Waals surface area contributed by atoms with Gasteiger partial charge < -0.3 is 14.5 Å². The van der Waals surface area contributed by atoms with E-state index in [1.54, 1.807) is 20.3 Å². The van der Waals surface area contributed by atoms with Crippen LogP contribution in [0.25, 0.3) is 11.4 Å². The van der Waals surface area contributed by atoms with Crippen LogP contribution in [-0.2, 0) is 0 Å². The molecule has 0 fully saturated rings. The second-order valence-corrected chi connectivity index (χ2v) is 4.41. The molecule has 0 saturated heterocycles. The van der Waals surface area contributed by atoms with Crippen molar-refractivity contribution in [2.24, 2.45) is 0 Å². The molecule has 5 nitrogen and oxygen atoms in total. The number of H-pyrrole nitrogens is 1. The van der Waals surface area contributed by atoms with E-state index in [1.807, 2.05) is 6.07 Å². The van der Waals surface area contributed by atoms with Crippen molar-refractivity contribution in [3.05, 3.63) is 28.5 Å². The zero-order valence-corrected chi connectivity index (χ0v) is 11.4. The number of methoxy groups -OCH3 is 2. The van der Waals surface area contributed by atoms with Gasteiger partial charge >= 0.3 is 0 Å². The standard InChI is InChI=1S/C12H11BrN2O3/c1-17-10-4-7(13)3-9(11(10)18-2)12-14-5-8(6-16)15-12/h3-6H,1-2H3,(H,14,15). The quantitative estimate of drug-likeness (QED) is 0.882. The third-order valence-electron chi connectivity index (χ3n) is 2.42. The Morgan fingerprint density at radius 2 is 2.11 bits per heavy atom. The van der Waals surface area contributed by atoms with Crippen molar-refractivity contribution in [1.82, 2.24) is 9.97 Å². The first kappa shape index (κ1) is 12.6. The number of imidazole rings is 1. The molecule has 2 aromatic rings. The van der Waals surface area contributed by atoms with E-state index >= 15 is 0 Å². The van der Waals surface area contributed by atoms with Crippen LogP contribution in [0.4, 0.5) is 0 Å². The number of hydrogen-bond donors (Lipinski definition) is 1. The number of aromatic nitrogens is 2. The van der Waals surface area contributed by atoms with Gasteiger partial charge in [-0.3, -0.25) is 4.79 Å². The first-order valence-corrected chi connectivity index (χ1v) is 5.91. The molecule has 0 bridgehead atoms. The molecule has 1 heterocycles. The van der Waals surface area contributed by atoms with Crippen molar-refractivity contribution in [3.63, 3.8) is 0 Å². The lowest BCUT2D eigenvalue weighted by molar-refractivity contribution is 0.111. The van der Waals surface area contributed by atoms with Gasteiger partial charge in [0.25, 0.3) is 0 Å². The second-order valence-electron chi connectivity index (χ2n) is 3.49. The van der Waals surface area contributed by atoms with Crippen LogP contribution < -0.4 is 9.47 Å². The number of carbonyl (C=O) groups excluding carboxylic acids is 1. The predicted molar refractivity (Wildman–Crippen MR) is 70.2 cm³/mol. The summed E-state index contributed by atoms with van der Waals surface area (Å²) in [6.45, 7) is 0. The van der Waals surface area contributed by atoms with Crippen molar-refractivity contribution in [2.75, 3.05) is 14.2 Å². The summed E-state index contributed by atoms with van der Waals surface area (Å²) in [6, 6.07) is 3.64. The van der Waals surface area contributed by atoms with Crippen molar-refractivity contribution in [3.8, 4) is 22.9 Å². The zero-order chi connectivity index (χ0) is 13.1. The monoisotopic (exact) mass is 310 g/mol. The average Bonchev–Trinajstić information content (AvgIpc) is 2.86. The van der Waals surface area contributed by atoms with E-state index in [4.69, 9.17) is 9.47 Å². The van der Waals surface area contributed by atoms with E-state index in [0.29, 0.717) is 29.3 Å². The van der Waals surface area contributed by atoms with Crippen LogP contribution in [0.1, 0.15) is 10.5 Å². The van der Waals surface area contributed by atoms with Gasteiger partial charge in [-0.2, -0.15) is 0 Å². The Kier molecular flexibility index (Phi) is 3.66. The number of aromatic amines is 1. The summed E-state index contributed by atoms with van der Waals surface area (Å²) in [6.07, 6.45) is 2.17. The number of hydrogen-bond acceptors (Lipinski definition) is 4. The van der Waals surface area contributed by atoms with Gasteiger partial charge in [0, 0.05) is 4.47 Å². The average molecular weight is 311 g/mol. The predicted octanol–water partition coefficient (Wildman–Crippen LogP) is 2.67. The van der Waals surface area contributed by atoms with E-state index in [1.165, 1.54) is 6.20 Å². The second kappa shape index (κ2) is 5.22. The van der Waals surface area contributed by atoms with Gasteiger partial charge in [-0.05, 0) is 12.1 Å². The van der Waals surface area contributed by atoms with E-state index in [0.717, 1.165) is 10.0 Å². The van der Waals surface area contributed by atoms with Crippen molar-refractivity contribution in [2.45, 2.75) is 0 Å². The van der Waals surface area contributed by atoms with E-state index in [2.05, 4.69) is 25.9 Å². The van der Waals surface area contributed by atoms with Crippen LogP contribution in [0.5, 0.6) is 11.5 Å². The maximum Gasteiger partial charge on any atom is 0.171 e. The summed E-state index contributed by atoms with van der Waals surface area (Å²) >= 11 is 3.39. The van der Waals surface area contributed by atoms with E-state index in [-0.39, 0.29) is 0 Å². The molecular weight excluding hydrogens is 300 g/mol. The van der Waals surface area contributed by atoms with Crippen LogP contribution in [-0.4, -0.2) is 30.5 Å². The lowest BCUT2D eigenvalue weighted by atomic mass is 10.1. The maximum atomic E-state index is 10.7. The normalized spacial score (nSPS) is 10.2. The summed E-state index contributed by atoms with van der Waals surface area (Å²) in [5.74, 6) is 1.70. The minimum absolute atomic E-state index is 0.408. The molecule has 0 aliphatic heterocycles. The van der Waals surface area contributed by atoms with Crippen molar-refractivity contribution < 1.29 is 14.3 Å².